The van der Waals surface area contributed by atoms with Crippen molar-refractivity contribution >= 4 is 16.6 Å². The van der Waals surface area contributed by atoms with Gasteiger partial charge in [-0.25, -0.2) is 4.68 Å². The summed E-state index contributed by atoms with van der Waals surface area (Å²) in [6.07, 6.45) is 3.39. The fourth-order valence-electron chi connectivity index (χ4n) is 1.91. The summed E-state index contributed by atoms with van der Waals surface area (Å²) in [6, 6.07) is 6.45. The molecule has 18 heavy (non-hydrogen) atoms. The van der Waals surface area contributed by atoms with Gasteiger partial charge in [0.15, 0.2) is 5.82 Å². The van der Waals surface area contributed by atoms with E-state index in [1.807, 2.05) is 0 Å². The van der Waals surface area contributed by atoms with Crippen molar-refractivity contribution in [1.82, 2.24) is 19.6 Å². The second-order valence-electron chi connectivity index (χ2n) is 3.86. The first-order valence-electron chi connectivity index (χ1n) is 5.28. The lowest BCUT2D eigenvalue weighted by Crippen LogP contribution is -1.97. The molecular formula is C11H9N5O2. The molecule has 0 spiro atoms. The van der Waals surface area contributed by atoms with Gasteiger partial charge in [0.25, 0.3) is 5.69 Å². The standard InChI is InChI=1S/C11H9N5O2/c1-14-10-4-3-8(16(17)18)7-9(10)11(13-14)15-6-2-5-12-15/h2-7H,1H3. The minimum atomic E-state index is -0.417. The molecule has 0 saturated carbocycles. The first kappa shape index (κ1) is 10.5. The molecule has 7 heteroatoms. The Labute approximate surface area is 101 Å². The fraction of sp³-hybridized carbons (Fsp3) is 0.0909. The van der Waals surface area contributed by atoms with Crippen LogP contribution in [-0.4, -0.2) is 24.5 Å². The van der Waals surface area contributed by atoms with Crippen molar-refractivity contribution in [3.63, 3.8) is 0 Å². The average molecular weight is 243 g/mol. The molecule has 0 N–H and O–H groups in total. The molecule has 0 saturated heterocycles. The first-order valence-corrected chi connectivity index (χ1v) is 5.28. The number of nitrogens with zero attached hydrogens (tertiary/aromatic N) is 5. The summed E-state index contributed by atoms with van der Waals surface area (Å²) in [5.74, 6) is 0.584. The minimum Gasteiger partial charge on any atom is -0.266 e. The topological polar surface area (TPSA) is 78.8 Å². The Morgan fingerprint density at radius 3 is 2.89 bits per heavy atom. The Hall–Kier alpha value is -2.70. The Bertz CT molecular complexity index is 729. The predicted molar refractivity (Wildman–Crippen MR) is 64.5 cm³/mol. The third-order valence-corrected chi connectivity index (χ3v) is 2.75. The van der Waals surface area contributed by atoms with E-state index in [-0.39, 0.29) is 5.69 Å². The van der Waals surface area contributed by atoms with Crippen molar-refractivity contribution in [1.29, 1.82) is 0 Å². The van der Waals surface area contributed by atoms with Gasteiger partial charge in [0.05, 0.1) is 15.8 Å². The number of hydrogen-bond donors (Lipinski definition) is 0. The molecule has 2 heterocycles. The SMILES string of the molecule is Cn1nc(-n2cccn2)c2cc([N+](=O)[O-])ccc21. The van der Waals surface area contributed by atoms with E-state index in [0.717, 1.165) is 5.52 Å². The molecule has 0 bridgehead atoms. The van der Waals surface area contributed by atoms with Gasteiger partial charge in [-0.2, -0.15) is 10.2 Å². The van der Waals surface area contributed by atoms with E-state index in [1.165, 1.54) is 12.1 Å². The van der Waals surface area contributed by atoms with Crippen molar-refractivity contribution in [2.45, 2.75) is 0 Å². The smallest absolute Gasteiger partial charge is 0.266 e. The van der Waals surface area contributed by atoms with Gasteiger partial charge in [-0.1, -0.05) is 0 Å². The zero-order valence-electron chi connectivity index (χ0n) is 9.52. The molecule has 3 rings (SSSR count). The van der Waals surface area contributed by atoms with Crippen LogP contribution in [0.5, 0.6) is 0 Å². The van der Waals surface area contributed by atoms with E-state index >= 15 is 0 Å². The van der Waals surface area contributed by atoms with Gasteiger partial charge in [0, 0.05) is 31.6 Å². The Morgan fingerprint density at radius 1 is 1.39 bits per heavy atom. The maximum Gasteiger partial charge on any atom is 0.270 e. The van der Waals surface area contributed by atoms with Crippen LogP contribution in [0.3, 0.4) is 0 Å². The summed E-state index contributed by atoms with van der Waals surface area (Å²) in [6.45, 7) is 0. The van der Waals surface area contributed by atoms with Crippen LogP contribution in [0.1, 0.15) is 0 Å². The van der Waals surface area contributed by atoms with Crippen molar-refractivity contribution < 1.29 is 4.92 Å². The van der Waals surface area contributed by atoms with Gasteiger partial charge in [-0.05, 0) is 12.1 Å². The lowest BCUT2D eigenvalue weighted by Gasteiger charge is -1.96. The van der Waals surface area contributed by atoms with Gasteiger partial charge >= 0.3 is 0 Å². The number of hydrogen-bond acceptors (Lipinski definition) is 4. The van der Waals surface area contributed by atoms with Gasteiger partial charge in [0.2, 0.25) is 0 Å². The summed E-state index contributed by atoms with van der Waals surface area (Å²) >= 11 is 0. The fourth-order valence-corrected chi connectivity index (χ4v) is 1.91. The number of non-ortho nitro benzene ring substituents is 1. The van der Waals surface area contributed by atoms with Gasteiger partial charge in [0.1, 0.15) is 0 Å². The molecule has 7 nitrogen and oxygen atoms in total. The zero-order chi connectivity index (χ0) is 12.7. The van der Waals surface area contributed by atoms with Crippen molar-refractivity contribution in [2.75, 3.05) is 0 Å². The van der Waals surface area contributed by atoms with Gasteiger partial charge < -0.3 is 0 Å². The van der Waals surface area contributed by atoms with Crippen LogP contribution in [0.2, 0.25) is 0 Å². The van der Waals surface area contributed by atoms with Crippen LogP contribution in [0, 0.1) is 10.1 Å². The number of aryl methyl sites for hydroxylation is 1. The number of rotatable bonds is 2. The van der Waals surface area contributed by atoms with Crippen LogP contribution in [0.4, 0.5) is 5.69 Å². The lowest BCUT2D eigenvalue weighted by molar-refractivity contribution is -0.384. The highest BCUT2D eigenvalue weighted by Crippen LogP contribution is 2.25. The average Bonchev–Trinajstić information content (AvgIpc) is 2.97. The second kappa shape index (κ2) is 3.66. The van der Waals surface area contributed by atoms with E-state index < -0.39 is 4.92 Å². The van der Waals surface area contributed by atoms with Crippen LogP contribution < -0.4 is 0 Å². The molecule has 0 amide bonds. The third-order valence-electron chi connectivity index (χ3n) is 2.75. The molecule has 1 aromatic carbocycles. The largest absolute Gasteiger partial charge is 0.270 e. The van der Waals surface area contributed by atoms with E-state index in [2.05, 4.69) is 10.2 Å². The monoisotopic (exact) mass is 243 g/mol. The molecule has 0 fully saturated rings. The van der Waals surface area contributed by atoms with Gasteiger partial charge in [-0.3, -0.25) is 14.8 Å². The summed E-state index contributed by atoms with van der Waals surface area (Å²) in [4.78, 5) is 10.4. The normalized spacial score (nSPS) is 10.9. The maximum atomic E-state index is 10.8. The van der Waals surface area contributed by atoms with E-state index in [9.17, 15) is 10.1 Å². The van der Waals surface area contributed by atoms with E-state index in [4.69, 9.17) is 0 Å². The molecule has 0 aliphatic carbocycles. The van der Waals surface area contributed by atoms with E-state index in [0.29, 0.717) is 11.2 Å². The Balaban J connectivity index is 2.32. The summed E-state index contributed by atoms with van der Waals surface area (Å²) in [7, 11) is 1.79. The zero-order valence-corrected chi connectivity index (χ0v) is 9.52. The molecule has 0 radical (unpaired) electrons. The first-order chi connectivity index (χ1) is 8.66. The summed E-state index contributed by atoms with van der Waals surface area (Å²) < 4.78 is 3.27. The Morgan fingerprint density at radius 2 is 2.22 bits per heavy atom. The number of fused-ring (bicyclic) bond motifs is 1. The van der Waals surface area contributed by atoms with Crippen LogP contribution in [0.15, 0.2) is 36.7 Å². The molecule has 3 aromatic rings. The minimum absolute atomic E-state index is 0.0453. The number of nitro benzene ring substituents is 1. The van der Waals surface area contributed by atoms with Crippen LogP contribution >= 0.6 is 0 Å². The Kier molecular flexibility index (Phi) is 2.12. The maximum absolute atomic E-state index is 10.8. The highest BCUT2D eigenvalue weighted by molar-refractivity contribution is 5.88. The second-order valence-corrected chi connectivity index (χ2v) is 3.86. The van der Waals surface area contributed by atoms with Crippen molar-refractivity contribution in [3.8, 4) is 5.82 Å². The van der Waals surface area contributed by atoms with E-state index in [1.54, 1.807) is 40.9 Å². The molecule has 0 aliphatic heterocycles. The van der Waals surface area contributed by atoms with Crippen molar-refractivity contribution in [2.24, 2.45) is 7.05 Å². The molecule has 0 atom stereocenters. The number of aromatic nitrogens is 4. The number of benzene rings is 1. The highest BCUT2D eigenvalue weighted by atomic mass is 16.6. The quantitative estimate of drug-likeness (QED) is 0.506. The summed E-state index contributed by atoms with van der Waals surface area (Å²) in [5, 5.41) is 19.9. The van der Waals surface area contributed by atoms with Crippen LogP contribution in [0.25, 0.3) is 16.7 Å². The predicted octanol–water partition coefficient (Wildman–Crippen LogP) is 1.67. The lowest BCUT2D eigenvalue weighted by atomic mass is 10.2. The highest BCUT2D eigenvalue weighted by Gasteiger charge is 2.14. The summed E-state index contributed by atoms with van der Waals surface area (Å²) in [5.41, 5.74) is 0.870. The van der Waals surface area contributed by atoms with Gasteiger partial charge in [-0.15, -0.1) is 0 Å². The molecular weight excluding hydrogens is 234 g/mol. The number of nitro groups is 1. The van der Waals surface area contributed by atoms with Crippen LogP contribution in [-0.2, 0) is 7.05 Å². The molecule has 2 aromatic heterocycles. The molecule has 90 valence electrons. The third kappa shape index (κ3) is 1.45. The molecule has 0 unspecified atom stereocenters. The van der Waals surface area contributed by atoms with Crippen molar-refractivity contribution in [3.05, 3.63) is 46.8 Å². The molecule has 0 aliphatic rings.